The SMILES string of the molecule is N#Cc1ccc(-c2ccc(-c3ccc(C(=N)N)cn3)o2)cc1. The van der Waals surface area contributed by atoms with Gasteiger partial charge in [-0.2, -0.15) is 5.26 Å². The highest BCUT2D eigenvalue weighted by Gasteiger charge is 2.08. The van der Waals surface area contributed by atoms with Gasteiger partial charge in [-0.3, -0.25) is 10.4 Å². The zero-order valence-corrected chi connectivity index (χ0v) is 11.6. The Labute approximate surface area is 127 Å². The monoisotopic (exact) mass is 288 g/mol. The molecule has 2 aromatic heterocycles. The van der Waals surface area contributed by atoms with E-state index in [1.54, 1.807) is 30.5 Å². The van der Waals surface area contributed by atoms with Crippen LogP contribution in [0.2, 0.25) is 0 Å². The lowest BCUT2D eigenvalue weighted by molar-refractivity contribution is 0.595. The largest absolute Gasteiger partial charge is 0.454 e. The molecule has 0 aliphatic rings. The van der Waals surface area contributed by atoms with E-state index in [0.29, 0.717) is 28.3 Å². The molecule has 0 amide bonds. The third-order valence-electron chi connectivity index (χ3n) is 3.23. The number of amidine groups is 1. The lowest BCUT2D eigenvalue weighted by Crippen LogP contribution is -2.11. The second-order valence-electron chi connectivity index (χ2n) is 4.70. The Bertz CT molecular complexity index is 855. The van der Waals surface area contributed by atoms with E-state index in [1.807, 2.05) is 24.3 Å². The van der Waals surface area contributed by atoms with Crippen molar-refractivity contribution < 1.29 is 4.42 Å². The van der Waals surface area contributed by atoms with Crippen molar-refractivity contribution in [1.29, 1.82) is 10.7 Å². The number of hydrogen-bond acceptors (Lipinski definition) is 4. The lowest BCUT2D eigenvalue weighted by atomic mass is 10.1. The van der Waals surface area contributed by atoms with E-state index in [2.05, 4.69) is 11.1 Å². The topological polar surface area (TPSA) is 99.7 Å². The number of nitriles is 1. The van der Waals surface area contributed by atoms with Gasteiger partial charge in [0.15, 0.2) is 5.76 Å². The van der Waals surface area contributed by atoms with Crippen molar-refractivity contribution >= 4 is 5.84 Å². The highest BCUT2D eigenvalue weighted by molar-refractivity contribution is 5.94. The molecule has 0 fully saturated rings. The van der Waals surface area contributed by atoms with Crippen LogP contribution in [-0.2, 0) is 0 Å². The summed E-state index contributed by atoms with van der Waals surface area (Å²) in [5, 5.41) is 16.2. The normalized spacial score (nSPS) is 10.1. The average Bonchev–Trinajstić information content (AvgIpc) is 3.05. The molecule has 22 heavy (non-hydrogen) atoms. The Morgan fingerprint density at radius 2 is 1.77 bits per heavy atom. The number of benzene rings is 1. The number of hydrogen-bond donors (Lipinski definition) is 2. The molecular weight excluding hydrogens is 276 g/mol. The molecule has 3 N–H and O–H groups in total. The number of nitrogen functional groups attached to an aromatic ring is 1. The van der Waals surface area contributed by atoms with E-state index in [0.717, 1.165) is 5.56 Å². The maximum Gasteiger partial charge on any atom is 0.153 e. The summed E-state index contributed by atoms with van der Waals surface area (Å²) in [6.45, 7) is 0. The van der Waals surface area contributed by atoms with Crippen LogP contribution >= 0.6 is 0 Å². The van der Waals surface area contributed by atoms with E-state index in [9.17, 15) is 0 Å². The molecule has 0 spiro atoms. The van der Waals surface area contributed by atoms with Crippen molar-refractivity contribution in [2.45, 2.75) is 0 Å². The van der Waals surface area contributed by atoms with Crippen molar-refractivity contribution in [2.24, 2.45) is 5.73 Å². The fourth-order valence-electron chi connectivity index (χ4n) is 2.04. The number of nitrogens with zero attached hydrogens (tertiary/aromatic N) is 2. The van der Waals surface area contributed by atoms with Gasteiger partial charge in [0, 0.05) is 17.3 Å². The number of nitrogens with two attached hydrogens (primary N) is 1. The summed E-state index contributed by atoms with van der Waals surface area (Å²) >= 11 is 0. The van der Waals surface area contributed by atoms with Crippen molar-refractivity contribution in [1.82, 2.24) is 4.98 Å². The number of aromatic nitrogens is 1. The molecule has 3 aromatic rings. The predicted octanol–water partition coefficient (Wildman–Crippen LogP) is 3.16. The quantitative estimate of drug-likeness (QED) is 0.571. The van der Waals surface area contributed by atoms with Crippen LogP contribution in [0.15, 0.2) is 59.1 Å². The summed E-state index contributed by atoms with van der Waals surface area (Å²) in [6, 6.07) is 16.4. The molecule has 0 unspecified atom stereocenters. The Morgan fingerprint density at radius 3 is 2.36 bits per heavy atom. The summed E-state index contributed by atoms with van der Waals surface area (Å²) in [6.07, 6.45) is 1.54. The molecule has 5 nitrogen and oxygen atoms in total. The maximum absolute atomic E-state index is 8.81. The minimum atomic E-state index is -0.0169. The summed E-state index contributed by atoms with van der Waals surface area (Å²) in [7, 11) is 0. The Kier molecular flexibility index (Phi) is 3.42. The van der Waals surface area contributed by atoms with Gasteiger partial charge in [-0.05, 0) is 48.5 Å². The van der Waals surface area contributed by atoms with Crippen molar-refractivity contribution in [3.63, 3.8) is 0 Å². The fourth-order valence-corrected chi connectivity index (χ4v) is 2.04. The van der Waals surface area contributed by atoms with Crippen molar-refractivity contribution in [3.8, 4) is 28.8 Å². The minimum absolute atomic E-state index is 0.0169. The molecule has 3 rings (SSSR count). The van der Waals surface area contributed by atoms with Gasteiger partial charge in [0.05, 0.1) is 11.6 Å². The van der Waals surface area contributed by atoms with E-state index in [1.165, 1.54) is 0 Å². The van der Waals surface area contributed by atoms with Crippen molar-refractivity contribution in [3.05, 3.63) is 65.9 Å². The third-order valence-corrected chi connectivity index (χ3v) is 3.23. The predicted molar refractivity (Wildman–Crippen MR) is 83.1 cm³/mol. The van der Waals surface area contributed by atoms with Gasteiger partial charge in [0.25, 0.3) is 0 Å². The molecule has 2 heterocycles. The number of furan rings is 1. The maximum atomic E-state index is 8.81. The van der Waals surface area contributed by atoms with Crippen LogP contribution in [0.4, 0.5) is 0 Å². The molecule has 0 bridgehead atoms. The molecule has 0 aliphatic heterocycles. The van der Waals surface area contributed by atoms with E-state index in [4.69, 9.17) is 20.8 Å². The molecule has 0 saturated heterocycles. The van der Waals surface area contributed by atoms with Crippen LogP contribution in [0.25, 0.3) is 22.8 Å². The second-order valence-corrected chi connectivity index (χ2v) is 4.70. The standard InChI is InChI=1S/C17H12N4O/c18-9-11-1-3-12(4-2-11)15-7-8-16(22-15)14-6-5-13(10-21-14)17(19)20/h1-8,10H,(H3,19,20). The highest BCUT2D eigenvalue weighted by Crippen LogP contribution is 2.27. The van der Waals surface area contributed by atoms with E-state index in [-0.39, 0.29) is 5.84 Å². The van der Waals surface area contributed by atoms with Gasteiger partial charge < -0.3 is 10.2 Å². The zero-order valence-electron chi connectivity index (χ0n) is 11.6. The average molecular weight is 288 g/mol. The summed E-state index contributed by atoms with van der Waals surface area (Å²) in [5.74, 6) is 1.32. The van der Waals surface area contributed by atoms with Crippen LogP contribution in [0.3, 0.4) is 0 Å². The Morgan fingerprint density at radius 1 is 1.05 bits per heavy atom. The first-order valence-electron chi connectivity index (χ1n) is 6.58. The van der Waals surface area contributed by atoms with Crippen LogP contribution in [0.5, 0.6) is 0 Å². The van der Waals surface area contributed by atoms with Crippen LogP contribution in [0.1, 0.15) is 11.1 Å². The summed E-state index contributed by atoms with van der Waals surface area (Å²) in [4.78, 5) is 4.25. The van der Waals surface area contributed by atoms with Crippen molar-refractivity contribution in [2.75, 3.05) is 0 Å². The molecule has 106 valence electrons. The number of rotatable bonds is 3. The smallest absolute Gasteiger partial charge is 0.153 e. The first-order chi connectivity index (χ1) is 10.7. The molecule has 0 saturated carbocycles. The number of pyridine rings is 1. The Hall–Kier alpha value is -3.39. The van der Waals surface area contributed by atoms with Gasteiger partial charge in [0.2, 0.25) is 0 Å². The molecular formula is C17H12N4O. The molecule has 1 aromatic carbocycles. The fraction of sp³-hybridized carbons (Fsp3) is 0. The van der Waals surface area contributed by atoms with E-state index < -0.39 is 0 Å². The first kappa shape index (κ1) is 13.6. The van der Waals surface area contributed by atoms with Crippen LogP contribution in [0, 0.1) is 16.7 Å². The molecule has 5 heteroatoms. The first-order valence-corrected chi connectivity index (χ1v) is 6.58. The number of nitrogens with one attached hydrogen (secondary N) is 1. The van der Waals surface area contributed by atoms with Crippen LogP contribution < -0.4 is 5.73 Å². The molecule has 0 aliphatic carbocycles. The third kappa shape index (κ3) is 2.58. The van der Waals surface area contributed by atoms with Gasteiger partial charge >= 0.3 is 0 Å². The molecule has 0 atom stereocenters. The highest BCUT2D eigenvalue weighted by atomic mass is 16.3. The second kappa shape index (κ2) is 5.54. The van der Waals surface area contributed by atoms with Crippen LogP contribution in [-0.4, -0.2) is 10.8 Å². The Balaban J connectivity index is 1.89. The van der Waals surface area contributed by atoms with Gasteiger partial charge in [-0.15, -0.1) is 0 Å². The van der Waals surface area contributed by atoms with E-state index >= 15 is 0 Å². The summed E-state index contributed by atoms with van der Waals surface area (Å²) < 4.78 is 5.80. The van der Waals surface area contributed by atoms with Gasteiger partial charge in [-0.25, -0.2) is 0 Å². The lowest BCUT2D eigenvalue weighted by Gasteiger charge is -2.00. The zero-order chi connectivity index (χ0) is 15.5. The summed E-state index contributed by atoms with van der Waals surface area (Å²) in [5.41, 5.74) is 8.15. The minimum Gasteiger partial charge on any atom is -0.454 e. The van der Waals surface area contributed by atoms with Gasteiger partial charge in [0.1, 0.15) is 17.3 Å². The molecule has 0 radical (unpaired) electrons. The van der Waals surface area contributed by atoms with Gasteiger partial charge in [-0.1, -0.05) is 0 Å².